The van der Waals surface area contributed by atoms with Gasteiger partial charge in [0.15, 0.2) is 11.5 Å². The number of Topliss-reactive ketones (excluding diaryl/α,β-unsaturated/α-hetero) is 1. The summed E-state index contributed by atoms with van der Waals surface area (Å²) in [6.07, 6.45) is 1.48. The van der Waals surface area contributed by atoms with Crippen molar-refractivity contribution in [2.24, 2.45) is 11.3 Å². The second-order valence-corrected chi connectivity index (χ2v) is 12.5. The Kier molecular flexibility index (Phi) is 7.25. The van der Waals surface area contributed by atoms with E-state index in [2.05, 4.69) is 31.9 Å². The second-order valence-electron chi connectivity index (χ2n) is 8.41. The van der Waals surface area contributed by atoms with E-state index in [1.54, 1.807) is 19.1 Å². The number of halogens is 2. The van der Waals surface area contributed by atoms with Crippen molar-refractivity contribution in [3.63, 3.8) is 0 Å². The van der Waals surface area contributed by atoms with Gasteiger partial charge in [0.2, 0.25) is 7.37 Å². The van der Waals surface area contributed by atoms with Crippen molar-refractivity contribution < 1.29 is 34.0 Å². The van der Waals surface area contributed by atoms with Crippen LogP contribution >= 0.6 is 39.2 Å². The molecule has 2 aromatic rings. The third kappa shape index (κ3) is 5.28. The fourth-order valence-electron chi connectivity index (χ4n) is 4.16. The predicted octanol–water partition coefficient (Wildman–Crippen LogP) is 6.18. The highest BCUT2D eigenvalue weighted by molar-refractivity contribution is 9.11. The number of benzene rings is 2. The zero-order valence-corrected chi connectivity index (χ0v) is 21.5. The van der Waals surface area contributed by atoms with Gasteiger partial charge in [-0.15, -0.1) is 0 Å². The van der Waals surface area contributed by atoms with Crippen molar-refractivity contribution in [3.8, 4) is 17.2 Å². The minimum atomic E-state index is -3.25. The van der Waals surface area contributed by atoms with E-state index in [9.17, 15) is 29.3 Å². The van der Waals surface area contributed by atoms with Crippen LogP contribution in [0.15, 0.2) is 39.3 Å². The first-order valence-electron chi connectivity index (χ1n) is 9.87. The van der Waals surface area contributed by atoms with Crippen LogP contribution in [-0.4, -0.2) is 33.5 Å². The lowest BCUT2D eigenvalue weighted by atomic mass is 9.73. The second kappa shape index (κ2) is 9.29. The standard InChI is InChI=1S/C22H23Br2O7P/c1-22(7-3-4-15(22)21(27)28)20(26)14-10-13(5-6-18(14)25)31-19-16(23)8-12(9-17(19)24)11-32(2,29)30/h5-6,8-10,15,25H,3-4,7,11H2,1-2H3,(H,27,28)(H,29,30). The van der Waals surface area contributed by atoms with Crippen LogP contribution in [0.4, 0.5) is 0 Å². The molecule has 0 bridgehead atoms. The van der Waals surface area contributed by atoms with E-state index < -0.39 is 30.5 Å². The first-order valence-corrected chi connectivity index (χ1v) is 13.8. The average molecular weight is 590 g/mol. The molecule has 172 valence electrons. The highest BCUT2D eigenvalue weighted by atomic mass is 79.9. The van der Waals surface area contributed by atoms with Gasteiger partial charge in [-0.05, 0) is 80.6 Å². The fourth-order valence-corrected chi connectivity index (χ4v) is 6.46. The summed E-state index contributed by atoms with van der Waals surface area (Å²) in [5, 5.41) is 19.9. The molecule has 0 aromatic heterocycles. The number of carboxylic acids is 1. The largest absolute Gasteiger partial charge is 0.507 e. The molecule has 0 amide bonds. The van der Waals surface area contributed by atoms with Gasteiger partial charge >= 0.3 is 5.97 Å². The van der Waals surface area contributed by atoms with Gasteiger partial charge in [-0.25, -0.2) is 0 Å². The van der Waals surface area contributed by atoms with Crippen LogP contribution in [0.2, 0.25) is 0 Å². The average Bonchev–Trinajstić information content (AvgIpc) is 3.07. The molecule has 0 radical (unpaired) electrons. The number of ether oxygens (including phenoxy) is 1. The maximum atomic E-state index is 13.3. The molecular formula is C22H23Br2O7P. The summed E-state index contributed by atoms with van der Waals surface area (Å²) < 4.78 is 18.7. The van der Waals surface area contributed by atoms with E-state index in [0.717, 1.165) is 0 Å². The number of hydrogen-bond acceptors (Lipinski definition) is 5. The zero-order chi connectivity index (χ0) is 23.8. The molecule has 32 heavy (non-hydrogen) atoms. The van der Waals surface area contributed by atoms with Crippen molar-refractivity contribution in [2.75, 3.05) is 6.66 Å². The summed E-state index contributed by atoms with van der Waals surface area (Å²) in [5.74, 6) is -1.84. The van der Waals surface area contributed by atoms with E-state index in [-0.39, 0.29) is 23.2 Å². The summed E-state index contributed by atoms with van der Waals surface area (Å²) in [7, 11) is -3.25. The lowest BCUT2D eigenvalue weighted by Gasteiger charge is -2.27. The van der Waals surface area contributed by atoms with Crippen molar-refractivity contribution in [1.82, 2.24) is 0 Å². The molecule has 0 aliphatic heterocycles. The van der Waals surface area contributed by atoms with Gasteiger partial charge in [0.05, 0.1) is 20.4 Å². The molecule has 0 spiro atoms. The van der Waals surface area contributed by atoms with Crippen molar-refractivity contribution in [3.05, 3.63) is 50.4 Å². The number of carboxylic acid groups (broad SMARTS) is 1. The molecule has 1 fully saturated rings. The molecule has 1 aliphatic carbocycles. The molecule has 0 saturated heterocycles. The zero-order valence-electron chi connectivity index (χ0n) is 17.5. The van der Waals surface area contributed by atoms with Gasteiger partial charge in [-0.2, -0.15) is 0 Å². The number of ketones is 1. The van der Waals surface area contributed by atoms with Gasteiger partial charge in [0.1, 0.15) is 11.5 Å². The van der Waals surface area contributed by atoms with Gasteiger partial charge in [0, 0.05) is 18.2 Å². The predicted molar refractivity (Wildman–Crippen MR) is 127 cm³/mol. The number of hydrogen-bond donors (Lipinski definition) is 3. The normalized spacial score (nSPS) is 22.3. The Labute approximate surface area is 202 Å². The minimum absolute atomic E-state index is 0.00562. The van der Waals surface area contributed by atoms with Crippen molar-refractivity contribution in [1.29, 1.82) is 0 Å². The maximum Gasteiger partial charge on any atom is 0.307 e. The first-order chi connectivity index (χ1) is 14.8. The number of aliphatic carboxylic acids is 1. The Balaban J connectivity index is 1.92. The quantitative estimate of drug-likeness (QED) is 0.260. The van der Waals surface area contributed by atoms with Crippen LogP contribution in [0, 0.1) is 11.3 Å². The summed E-state index contributed by atoms with van der Waals surface area (Å²) in [6.45, 7) is 2.92. The Bertz CT molecular complexity index is 1100. The first kappa shape index (κ1) is 25.0. The van der Waals surface area contributed by atoms with Crippen LogP contribution in [0.1, 0.15) is 42.1 Å². The topological polar surface area (TPSA) is 121 Å². The van der Waals surface area contributed by atoms with Gasteiger partial charge in [-0.3, -0.25) is 14.2 Å². The van der Waals surface area contributed by atoms with Gasteiger partial charge in [0.25, 0.3) is 0 Å². The summed E-state index contributed by atoms with van der Waals surface area (Å²) in [5.41, 5.74) is -0.461. The molecule has 2 aromatic carbocycles. The lowest BCUT2D eigenvalue weighted by Crippen LogP contribution is -2.36. The van der Waals surface area contributed by atoms with E-state index >= 15 is 0 Å². The van der Waals surface area contributed by atoms with Crippen LogP contribution in [0.3, 0.4) is 0 Å². The number of phenolic OH excluding ortho intramolecular Hbond substituents is 1. The summed E-state index contributed by atoms with van der Waals surface area (Å²) >= 11 is 6.81. The lowest BCUT2D eigenvalue weighted by molar-refractivity contribution is -0.144. The number of phenols is 1. The molecule has 0 heterocycles. The van der Waals surface area contributed by atoms with Crippen molar-refractivity contribution >= 4 is 51.0 Å². The van der Waals surface area contributed by atoms with E-state index in [1.807, 2.05) is 0 Å². The number of aromatic hydroxyl groups is 1. The van der Waals surface area contributed by atoms with E-state index in [4.69, 9.17) is 4.74 Å². The van der Waals surface area contributed by atoms with Crippen LogP contribution in [0.25, 0.3) is 0 Å². The minimum Gasteiger partial charge on any atom is -0.507 e. The molecule has 1 aliphatic rings. The molecule has 7 nitrogen and oxygen atoms in total. The maximum absolute atomic E-state index is 13.3. The van der Waals surface area contributed by atoms with Gasteiger partial charge in [-0.1, -0.05) is 13.3 Å². The molecular weight excluding hydrogens is 567 g/mol. The smallest absolute Gasteiger partial charge is 0.307 e. The number of carbonyl (C=O) groups excluding carboxylic acids is 1. The third-order valence-electron chi connectivity index (χ3n) is 5.74. The number of carbonyl (C=O) groups is 2. The Hall–Kier alpha value is -1.67. The van der Waals surface area contributed by atoms with Gasteiger partial charge < -0.3 is 19.8 Å². The third-order valence-corrected chi connectivity index (χ3v) is 7.87. The van der Waals surface area contributed by atoms with Crippen LogP contribution in [-0.2, 0) is 15.5 Å². The van der Waals surface area contributed by atoms with Crippen LogP contribution < -0.4 is 4.74 Å². The summed E-state index contributed by atoms with van der Waals surface area (Å²) in [6, 6.07) is 7.59. The Morgan fingerprint density at radius 3 is 2.41 bits per heavy atom. The molecule has 3 N–H and O–H groups in total. The molecule has 3 unspecified atom stereocenters. The Morgan fingerprint density at radius 1 is 1.22 bits per heavy atom. The fraction of sp³-hybridized carbons (Fsp3) is 0.364. The highest BCUT2D eigenvalue weighted by Crippen LogP contribution is 2.48. The SMILES string of the molecule is CC1(C(=O)c2cc(Oc3c(Br)cc(CP(C)(=O)O)cc3Br)ccc2O)CCCC1C(=O)O. The molecule has 1 saturated carbocycles. The van der Waals surface area contributed by atoms with E-state index in [0.29, 0.717) is 39.5 Å². The molecule has 3 atom stereocenters. The highest BCUT2D eigenvalue weighted by Gasteiger charge is 2.49. The van der Waals surface area contributed by atoms with E-state index in [1.165, 1.54) is 24.9 Å². The Morgan fingerprint density at radius 2 is 1.84 bits per heavy atom. The monoisotopic (exact) mass is 588 g/mol. The molecule has 3 rings (SSSR count). The molecule has 10 heteroatoms. The summed E-state index contributed by atoms with van der Waals surface area (Å²) in [4.78, 5) is 34.6. The van der Waals surface area contributed by atoms with Crippen molar-refractivity contribution in [2.45, 2.75) is 32.3 Å². The number of rotatable bonds is 7. The van der Waals surface area contributed by atoms with Crippen LogP contribution in [0.5, 0.6) is 17.2 Å².